The maximum absolute atomic E-state index is 13.3. The zero-order valence-electron chi connectivity index (χ0n) is 17.9. The summed E-state index contributed by atoms with van der Waals surface area (Å²) in [6.45, 7) is 6.27. The van der Waals surface area contributed by atoms with E-state index < -0.39 is 0 Å². The van der Waals surface area contributed by atoms with E-state index >= 15 is 0 Å². The number of tetrazole rings is 1. The van der Waals surface area contributed by atoms with Gasteiger partial charge in [0, 0.05) is 10.9 Å². The van der Waals surface area contributed by atoms with Crippen molar-refractivity contribution in [3.05, 3.63) is 51.1 Å². The summed E-state index contributed by atoms with van der Waals surface area (Å²) in [6.07, 6.45) is 8.30. The molecular weight excluding hydrogens is 376 g/mol. The van der Waals surface area contributed by atoms with Gasteiger partial charge >= 0.3 is 0 Å². The number of hydrogen-bond acceptors (Lipinski definition) is 4. The van der Waals surface area contributed by atoms with Gasteiger partial charge in [0.05, 0.1) is 24.7 Å². The molecule has 158 valence electrons. The van der Waals surface area contributed by atoms with E-state index in [-0.39, 0.29) is 11.6 Å². The highest BCUT2D eigenvalue weighted by Gasteiger charge is 2.36. The van der Waals surface area contributed by atoms with Crippen LogP contribution < -0.4 is 10.5 Å². The summed E-state index contributed by atoms with van der Waals surface area (Å²) in [5, 5.41) is 14.1. The van der Waals surface area contributed by atoms with E-state index in [1.165, 1.54) is 42.6 Å². The van der Waals surface area contributed by atoms with Crippen LogP contribution in [0.25, 0.3) is 10.9 Å². The Hall–Kier alpha value is -2.54. The van der Waals surface area contributed by atoms with Gasteiger partial charge in [0.25, 0.3) is 5.56 Å². The summed E-state index contributed by atoms with van der Waals surface area (Å²) >= 11 is 0. The molecule has 1 saturated carbocycles. The Morgan fingerprint density at radius 3 is 2.60 bits per heavy atom. The van der Waals surface area contributed by atoms with Crippen LogP contribution in [-0.4, -0.2) is 38.3 Å². The molecular formula is C23H31N6O+. The number of aryl methyl sites for hydroxylation is 2. The maximum Gasteiger partial charge on any atom is 0.258 e. The molecule has 2 aliphatic rings. The smallest absolute Gasteiger partial charge is 0.258 e. The second kappa shape index (κ2) is 7.95. The predicted molar refractivity (Wildman–Crippen MR) is 116 cm³/mol. The molecule has 2 fully saturated rings. The van der Waals surface area contributed by atoms with Gasteiger partial charge in [0.2, 0.25) is 5.82 Å². The van der Waals surface area contributed by atoms with Crippen molar-refractivity contribution in [1.82, 2.24) is 25.2 Å². The van der Waals surface area contributed by atoms with Crippen molar-refractivity contribution in [2.24, 2.45) is 0 Å². The lowest BCUT2D eigenvalue weighted by molar-refractivity contribution is -0.931. The van der Waals surface area contributed by atoms with Gasteiger partial charge in [-0.2, -0.15) is 0 Å². The minimum absolute atomic E-state index is 0.0171. The molecule has 1 saturated heterocycles. The van der Waals surface area contributed by atoms with Crippen molar-refractivity contribution < 1.29 is 4.90 Å². The number of fused-ring (bicyclic) bond motifs is 1. The monoisotopic (exact) mass is 407 g/mol. The first-order valence-corrected chi connectivity index (χ1v) is 11.4. The highest BCUT2D eigenvalue weighted by atomic mass is 16.1. The Balaban J connectivity index is 1.67. The number of nitrogens with one attached hydrogen (secondary N) is 2. The SMILES string of the molecule is Cc1cc(C)c2cc([C@@H](c3nnnn3C3CCCC3)[NH+]3CCCCC3)c(=O)[nH]c2c1. The lowest BCUT2D eigenvalue weighted by Gasteiger charge is -2.31. The first kappa shape index (κ1) is 19.4. The number of hydrogen-bond donors (Lipinski definition) is 2. The number of aromatic nitrogens is 5. The van der Waals surface area contributed by atoms with Crippen molar-refractivity contribution in [2.45, 2.75) is 70.9 Å². The number of nitrogens with zero attached hydrogens (tertiary/aromatic N) is 4. The van der Waals surface area contributed by atoms with Crippen LogP contribution >= 0.6 is 0 Å². The number of H-pyrrole nitrogens is 1. The maximum atomic E-state index is 13.3. The van der Waals surface area contributed by atoms with Crippen LogP contribution in [0.1, 0.15) is 79.5 Å². The van der Waals surface area contributed by atoms with Crippen molar-refractivity contribution in [2.75, 3.05) is 13.1 Å². The molecule has 3 aromatic rings. The average molecular weight is 408 g/mol. The molecule has 7 nitrogen and oxygen atoms in total. The lowest BCUT2D eigenvalue weighted by Crippen LogP contribution is -3.13. The summed E-state index contributed by atoms with van der Waals surface area (Å²) in [5.74, 6) is 0.855. The largest absolute Gasteiger partial charge is 0.322 e. The number of quaternary nitrogens is 1. The van der Waals surface area contributed by atoms with Gasteiger partial charge in [0.1, 0.15) is 0 Å². The van der Waals surface area contributed by atoms with Crippen molar-refractivity contribution >= 4 is 10.9 Å². The zero-order valence-corrected chi connectivity index (χ0v) is 17.9. The average Bonchev–Trinajstić information content (AvgIpc) is 3.41. The van der Waals surface area contributed by atoms with Gasteiger partial charge in [-0.3, -0.25) is 4.79 Å². The third-order valence-electron chi connectivity index (χ3n) is 7.00. The van der Waals surface area contributed by atoms with E-state index in [1.54, 1.807) is 0 Å². The number of rotatable bonds is 4. The van der Waals surface area contributed by atoms with E-state index in [4.69, 9.17) is 0 Å². The Kier molecular flexibility index (Phi) is 5.15. The molecule has 7 heteroatoms. The number of aromatic amines is 1. The summed E-state index contributed by atoms with van der Waals surface area (Å²) in [4.78, 5) is 17.9. The molecule has 0 radical (unpaired) electrons. The molecule has 1 aliphatic heterocycles. The van der Waals surface area contributed by atoms with Gasteiger partial charge in [-0.05, 0) is 79.6 Å². The Labute approximate surface area is 176 Å². The van der Waals surface area contributed by atoms with Crippen molar-refractivity contribution in [3.63, 3.8) is 0 Å². The molecule has 0 bridgehead atoms. The fourth-order valence-electron chi connectivity index (χ4n) is 5.54. The quantitative estimate of drug-likeness (QED) is 0.696. The first-order chi connectivity index (χ1) is 14.6. The summed E-state index contributed by atoms with van der Waals surface area (Å²) in [7, 11) is 0. The highest BCUT2D eigenvalue weighted by Crippen LogP contribution is 2.31. The van der Waals surface area contributed by atoms with Crippen molar-refractivity contribution in [1.29, 1.82) is 0 Å². The van der Waals surface area contributed by atoms with Gasteiger partial charge in [-0.15, -0.1) is 5.10 Å². The van der Waals surface area contributed by atoms with Crippen LogP contribution in [0, 0.1) is 13.8 Å². The van der Waals surface area contributed by atoms with Gasteiger partial charge in [0.15, 0.2) is 6.04 Å². The third-order valence-corrected chi connectivity index (χ3v) is 7.00. The number of likely N-dealkylation sites (tertiary alicyclic amines) is 1. The van der Waals surface area contributed by atoms with Crippen molar-refractivity contribution in [3.8, 4) is 0 Å². The van der Waals surface area contributed by atoms with E-state index in [1.807, 2.05) is 4.68 Å². The standard InChI is InChI=1S/C23H30N6O/c1-15-12-16(2)18-14-19(23(30)24-20(18)13-15)21(28-10-6-3-7-11-28)22-25-26-27-29(22)17-8-4-5-9-17/h12-14,17,21H,3-11H2,1-2H3,(H,24,30)/p+1/t21-/m0/s1. The molecule has 2 aromatic heterocycles. The molecule has 0 spiro atoms. The van der Waals surface area contributed by atoms with E-state index in [0.29, 0.717) is 6.04 Å². The molecule has 30 heavy (non-hydrogen) atoms. The van der Waals surface area contributed by atoms with E-state index in [9.17, 15) is 4.79 Å². The third kappa shape index (κ3) is 3.45. The summed E-state index contributed by atoms with van der Waals surface area (Å²) < 4.78 is 2.03. The molecule has 2 N–H and O–H groups in total. The van der Waals surface area contributed by atoms with Crippen LogP contribution in [0.4, 0.5) is 0 Å². The fourth-order valence-corrected chi connectivity index (χ4v) is 5.54. The zero-order chi connectivity index (χ0) is 20.7. The van der Waals surface area contributed by atoms with Crippen LogP contribution in [0.15, 0.2) is 23.0 Å². The molecule has 1 aromatic carbocycles. The predicted octanol–water partition coefficient (Wildman–Crippen LogP) is 2.40. The van der Waals surface area contributed by atoms with Gasteiger partial charge < -0.3 is 9.88 Å². The highest BCUT2D eigenvalue weighted by molar-refractivity contribution is 5.83. The Bertz CT molecular complexity index is 1100. The van der Waals surface area contributed by atoms with Crippen LogP contribution in [0.2, 0.25) is 0 Å². The molecule has 3 heterocycles. The summed E-state index contributed by atoms with van der Waals surface area (Å²) in [6, 6.07) is 6.55. The molecule has 0 unspecified atom stereocenters. The van der Waals surface area contributed by atoms with E-state index in [2.05, 4.69) is 52.6 Å². The van der Waals surface area contributed by atoms with Gasteiger partial charge in [-0.1, -0.05) is 18.9 Å². The van der Waals surface area contributed by atoms with Gasteiger partial charge in [-0.25, -0.2) is 4.68 Å². The first-order valence-electron chi connectivity index (χ1n) is 11.4. The molecule has 1 atom stereocenters. The number of piperidine rings is 1. The Morgan fingerprint density at radius 2 is 1.83 bits per heavy atom. The number of benzene rings is 1. The van der Waals surface area contributed by atoms with Crippen LogP contribution in [0.3, 0.4) is 0 Å². The summed E-state index contributed by atoms with van der Waals surface area (Å²) in [5.41, 5.74) is 4.03. The number of pyridine rings is 1. The second-order valence-corrected chi connectivity index (χ2v) is 9.17. The van der Waals surface area contributed by atoms with E-state index in [0.717, 1.165) is 53.8 Å². The molecule has 1 aliphatic carbocycles. The Morgan fingerprint density at radius 1 is 1.07 bits per heavy atom. The molecule has 5 rings (SSSR count). The normalized spacial score (nSPS) is 19.5. The van der Waals surface area contributed by atoms with Crippen LogP contribution in [0.5, 0.6) is 0 Å². The van der Waals surface area contributed by atoms with Crippen LogP contribution in [-0.2, 0) is 0 Å². The molecule has 0 amide bonds. The topological polar surface area (TPSA) is 80.9 Å². The minimum Gasteiger partial charge on any atom is -0.322 e. The fraction of sp³-hybridized carbons (Fsp3) is 0.565. The lowest BCUT2D eigenvalue weighted by atomic mass is 9.98. The second-order valence-electron chi connectivity index (χ2n) is 9.17. The minimum atomic E-state index is -0.130.